The van der Waals surface area contributed by atoms with Crippen LogP contribution < -0.4 is 0 Å². The highest BCUT2D eigenvalue weighted by Gasteiger charge is 2.25. The van der Waals surface area contributed by atoms with E-state index >= 15 is 0 Å². The molecule has 0 aromatic heterocycles. The van der Waals surface area contributed by atoms with Crippen LogP contribution in [-0.2, 0) is 9.05 Å². The van der Waals surface area contributed by atoms with Gasteiger partial charge < -0.3 is 9.05 Å². The van der Waals surface area contributed by atoms with E-state index in [0.29, 0.717) is 18.9 Å². The van der Waals surface area contributed by atoms with E-state index in [9.17, 15) is 0 Å². The lowest BCUT2D eigenvalue weighted by Crippen LogP contribution is -2.07. The minimum absolute atomic E-state index is 0.542. The Morgan fingerprint density at radius 2 is 2.11 bits per heavy atom. The lowest BCUT2D eigenvalue weighted by atomic mass is 9.76. The Morgan fingerprint density at radius 3 is 2.72 bits per heavy atom. The normalized spacial score (nSPS) is 24.7. The molecule has 2 nitrogen and oxygen atoms in total. The lowest BCUT2D eigenvalue weighted by molar-refractivity contribution is 0.292. The molecule has 1 saturated heterocycles. The van der Waals surface area contributed by atoms with E-state index in [0.717, 1.165) is 17.6 Å². The first kappa shape index (κ1) is 15.7. The van der Waals surface area contributed by atoms with E-state index in [1.54, 1.807) is 5.98 Å². The fourth-order valence-corrected chi connectivity index (χ4v) is 3.67. The second-order valence-corrected chi connectivity index (χ2v) is 6.22. The van der Waals surface area contributed by atoms with Crippen molar-refractivity contribution in [1.82, 2.24) is 0 Å². The van der Waals surface area contributed by atoms with Crippen molar-refractivity contribution in [3.05, 3.63) is 36.3 Å². The summed E-state index contributed by atoms with van der Waals surface area (Å²) in [6, 6.07) is 0. The molecule has 1 rings (SSSR count). The second kappa shape index (κ2) is 8.69. The summed E-state index contributed by atoms with van der Waals surface area (Å²) in [7, 11) is 1.14. The fraction of sp³-hybridized carbons (Fsp3) is 0.571. The summed E-state index contributed by atoms with van der Waals surface area (Å²) >= 11 is 0. The van der Waals surface area contributed by atoms with Gasteiger partial charge >= 0.3 is 0 Å². The molecule has 0 saturated carbocycles. The molecule has 18 heavy (non-hydrogen) atoms. The Balaban J connectivity index is 2.63. The predicted molar refractivity (Wildman–Crippen MR) is 81.0 cm³/mol. The molecule has 0 amide bonds. The van der Waals surface area contributed by atoms with Crippen LogP contribution in [0.4, 0.5) is 0 Å². The van der Waals surface area contributed by atoms with E-state index in [1.165, 1.54) is 12.8 Å². The first-order valence-electron chi connectivity index (χ1n) is 6.61. The molecular formula is C14H23BO2P. The zero-order valence-electron chi connectivity index (χ0n) is 11.5. The maximum Gasteiger partial charge on any atom is 0.174 e. The zero-order valence-corrected chi connectivity index (χ0v) is 12.4. The summed E-state index contributed by atoms with van der Waals surface area (Å²) in [6.45, 7) is 13.3. The van der Waals surface area contributed by atoms with Gasteiger partial charge in [0.2, 0.25) is 0 Å². The molecule has 0 aromatic carbocycles. The monoisotopic (exact) mass is 265 g/mol. The molecule has 1 heterocycles. The van der Waals surface area contributed by atoms with Gasteiger partial charge in [-0.05, 0) is 24.0 Å². The van der Waals surface area contributed by atoms with E-state index in [4.69, 9.17) is 9.05 Å². The van der Waals surface area contributed by atoms with Crippen molar-refractivity contribution in [1.29, 1.82) is 0 Å². The van der Waals surface area contributed by atoms with E-state index < -0.39 is 8.38 Å². The van der Waals surface area contributed by atoms with Gasteiger partial charge in [0.1, 0.15) is 0 Å². The average Bonchev–Trinajstić information content (AvgIpc) is 2.56. The molecule has 0 spiro atoms. The summed E-state index contributed by atoms with van der Waals surface area (Å²) in [5, 5.41) is 0. The van der Waals surface area contributed by atoms with E-state index in [-0.39, 0.29) is 0 Å². The van der Waals surface area contributed by atoms with Gasteiger partial charge in [-0.15, -0.1) is 18.5 Å². The van der Waals surface area contributed by atoms with Crippen molar-refractivity contribution < 1.29 is 9.05 Å². The van der Waals surface area contributed by atoms with Gasteiger partial charge in [-0.2, -0.15) is 0 Å². The summed E-state index contributed by atoms with van der Waals surface area (Å²) < 4.78 is 11.8. The van der Waals surface area contributed by atoms with Crippen molar-refractivity contribution in [2.45, 2.75) is 38.8 Å². The van der Waals surface area contributed by atoms with E-state index in [1.807, 2.05) is 13.3 Å². The maximum absolute atomic E-state index is 5.95. The second-order valence-electron chi connectivity index (χ2n) is 4.41. The Labute approximate surface area is 113 Å². The zero-order chi connectivity index (χ0) is 13.4. The molecule has 1 aliphatic heterocycles. The van der Waals surface area contributed by atoms with Crippen LogP contribution in [0.15, 0.2) is 36.3 Å². The van der Waals surface area contributed by atoms with Crippen molar-refractivity contribution >= 4 is 15.7 Å². The third kappa shape index (κ3) is 4.72. The molecule has 0 aromatic rings. The molecule has 99 valence electrons. The Kier molecular flexibility index (Phi) is 7.57. The highest BCUT2D eigenvalue weighted by molar-refractivity contribution is 7.48. The van der Waals surface area contributed by atoms with Crippen LogP contribution in [0.3, 0.4) is 0 Å². The van der Waals surface area contributed by atoms with Crippen molar-refractivity contribution in [2.24, 2.45) is 0 Å². The van der Waals surface area contributed by atoms with Crippen molar-refractivity contribution in [3.8, 4) is 0 Å². The Hall–Kier alpha value is -0.365. The smallest absolute Gasteiger partial charge is 0.174 e. The summed E-state index contributed by atoms with van der Waals surface area (Å²) in [5.74, 6) is 3.78. The van der Waals surface area contributed by atoms with E-state index in [2.05, 4.69) is 27.0 Å². The SMILES string of the molecule is C=C[B]/C=C1/COP(C(CC)CCC)OCC1=C. The topological polar surface area (TPSA) is 18.5 Å². The maximum atomic E-state index is 5.95. The van der Waals surface area contributed by atoms with Crippen LogP contribution in [0.25, 0.3) is 0 Å². The number of rotatable bonds is 6. The number of hydrogen-bond donors (Lipinski definition) is 0. The molecule has 0 N–H and O–H groups in total. The molecule has 1 fully saturated rings. The molecule has 1 aliphatic rings. The molecule has 4 heteroatoms. The minimum Gasteiger partial charge on any atom is -0.329 e. The first-order chi connectivity index (χ1) is 8.72. The number of hydrogen-bond acceptors (Lipinski definition) is 2. The molecule has 2 unspecified atom stereocenters. The highest BCUT2D eigenvalue weighted by Crippen LogP contribution is 2.49. The standard InChI is InChI=1S/C14H23BO2P/c1-5-8-14(6-2)18-16-10-12(4)13(11-17-18)9-15-7-3/h7,9,14H,3-6,8,10-11H2,1-2H3/b13-9-. The average molecular weight is 265 g/mol. The minimum atomic E-state index is -0.777. The van der Waals surface area contributed by atoms with Crippen molar-refractivity contribution in [2.75, 3.05) is 13.2 Å². The molecule has 1 radical (unpaired) electrons. The predicted octanol–water partition coefficient (Wildman–Crippen LogP) is 4.21. The lowest BCUT2D eigenvalue weighted by Gasteiger charge is -2.22. The molecule has 2 atom stereocenters. The fourth-order valence-electron chi connectivity index (χ4n) is 1.86. The highest BCUT2D eigenvalue weighted by atomic mass is 31.2. The van der Waals surface area contributed by atoms with Crippen LogP contribution >= 0.6 is 8.38 Å². The summed E-state index contributed by atoms with van der Waals surface area (Å²) in [6.07, 6.45) is 3.47. The summed E-state index contributed by atoms with van der Waals surface area (Å²) in [4.78, 5) is 0. The van der Waals surface area contributed by atoms with Gasteiger partial charge in [0.05, 0.1) is 13.2 Å². The van der Waals surface area contributed by atoms with Gasteiger partial charge in [-0.1, -0.05) is 26.8 Å². The van der Waals surface area contributed by atoms with Gasteiger partial charge in [-0.25, -0.2) is 0 Å². The van der Waals surface area contributed by atoms with Gasteiger partial charge in [-0.3, -0.25) is 0 Å². The van der Waals surface area contributed by atoms with Crippen LogP contribution in [0.2, 0.25) is 0 Å². The molecule has 0 bridgehead atoms. The van der Waals surface area contributed by atoms with Crippen LogP contribution in [0.1, 0.15) is 33.1 Å². The van der Waals surface area contributed by atoms with Gasteiger partial charge in [0, 0.05) is 5.66 Å². The largest absolute Gasteiger partial charge is 0.329 e. The Bertz CT molecular complexity index is 315. The van der Waals surface area contributed by atoms with Crippen LogP contribution in [-0.4, -0.2) is 26.2 Å². The van der Waals surface area contributed by atoms with Crippen molar-refractivity contribution in [3.63, 3.8) is 0 Å². The first-order valence-corrected chi connectivity index (χ1v) is 7.85. The van der Waals surface area contributed by atoms with Crippen LogP contribution in [0.5, 0.6) is 0 Å². The van der Waals surface area contributed by atoms with Crippen LogP contribution in [0, 0.1) is 0 Å². The third-order valence-corrected chi connectivity index (χ3v) is 4.98. The summed E-state index contributed by atoms with van der Waals surface area (Å²) in [5.41, 5.74) is 2.68. The van der Waals surface area contributed by atoms with Gasteiger partial charge in [0.15, 0.2) is 15.7 Å². The quantitative estimate of drug-likeness (QED) is 0.529. The molecule has 0 aliphatic carbocycles. The molecular weight excluding hydrogens is 242 g/mol. The Morgan fingerprint density at radius 1 is 1.39 bits per heavy atom. The third-order valence-electron chi connectivity index (χ3n) is 2.99. The van der Waals surface area contributed by atoms with Gasteiger partial charge in [0.25, 0.3) is 0 Å².